The van der Waals surface area contributed by atoms with Crippen LogP contribution in [0.2, 0.25) is 0 Å². The molecule has 1 aliphatic heterocycles. The molecule has 2 aliphatic rings. The Morgan fingerprint density at radius 2 is 1.60 bits per heavy atom. The Bertz CT molecular complexity index is 109. The molecule has 1 spiro atoms. The van der Waals surface area contributed by atoms with Crippen molar-refractivity contribution in [3.8, 4) is 0 Å². The third-order valence-corrected chi connectivity index (χ3v) is 3.16. The highest BCUT2D eigenvalue weighted by molar-refractivity contribution is 4.86. The van der Waals surface area contributed by atoms with Gasteiger partial charge in [-0.15, -0.1) is 0 Å². The van der Waals surface area contributed by atoms with Gasteiger partial charge in [-0.25, -0.2) is 0 Å². The Labute approximate surface area is 63.4 Å². The molecule has 0 aromatic carbocycles. The van der Waals surface area contributed by atoms with E-state index in [2.05, 4.69) is 7.05 Å². The minimum Gasteiger partial charge on any atom is -0.467 e. The number of hydrogen-bond acceptors (Lipinski definition) is 0. The van der Waals surface area contributed by atoms with Crippen molar-refractivity contribution >= 4 is 0 Å². The zero-order valence-corrected chi connectivity index (χ0v) is 6.66. The van der Waals surface area contributed by atoms with Crippen LogP contribution in [0.4, 0.5) is 0 Å². The molecule has 10 heavy (non-hydrogen) atoms. The Hall–Kier alpha value is -0.0400. The molecule has 0 aromatic heterocycles. The van der Waals surface area contributed by atoms with Gasteiger partial charge in [-0.1, -0.05) is 19.3 Å². The zero-order valence-electron chi connectivity index (χ0n) is 6.66. The van der Waals surface area contributed by atoms with Crippen LogP contribution in [0, 0.1) is 12.5 Å². The second-order valence-corrected chi connectivity index (χ2v) is 4.16. The molecule has 0 unspecified atom stereocenters. The first kappa shape index (κ1) is 6.66. The molecule has 58 valence electrons. The van der Waals surface area contributed by atoms with Crippen LogP contribution in [0.1, 0.15) is 32.1 Å². The van der Waals surface area contributed by atoms with Crippen LogP contribution < -0.4 is 4.90 Å². The molecular weight excluding hydrogens is 122 g/mol. The van der Waals surface area contributed by atoms with Crippen LogP contribution in [0.15, 0.2) is 0 Å². The molecule has 2 fully saturated rings. The smallest absolute Gasteiger partial charge is 0.0641 e. The Kier molecular flexibility index (Phi) is 1.48. The zero-order chi connectivity index (χ0) is 7.03. The lowest BCUT2D eigenvalue weighted by atomic mass is 9.69. The van der Waals surface area contributed by atoms with Gasteiger partial charge in [0.05, 0.1) is 18.5 Å². The highest BCUT2D eigenvalue weighted by Crippen LogP contribution is 2.36. The number of quaternary nitrogens is 1. The quantitative estimate of drug-likeness (QED) is 0.469. The first-order valence-electron chi connectivity index (χ1n) is 4.47. The van der Waals surface area contributed by atoms with Crippen LogP contribution in [0.3, 0.4) is 0 Å². The second-order valence-electron chi connectivity index (χ2n) is 4.16. The van der Waals surface area contributed by atoms with Crippen LogP contribution in [0.25, 0.3) is 0 Å². The molecule has 1 saturated carbocycles. The largest absolute Gasteiger partial charge is 0.467 e. The Morgan fingerprint density at radius 1 is 1.00 bits per heavy atom. The van der Waals surface area contributed by atoms with Gasteiger partial charge in [-0.2, -0.15) is 7.05 Å². The lowest BCUT2D eigenvalue weighted by molar-refractivity contribution is -0.921. The van der Waals surface area contributed by atoms with E-state index in [9.17, 15) is 0 Å². The molecule has 0 radical (unpaired) electrons. The van der Waals surface area contributed by atoms with Gasteiger partial charge in [0.15, 0.2) is 0 Å². The molecule has 1 aliphatic carbocycles. The van der Waals surface area contributed by atoms with E-state index in [1.807, 2.05) is 0 Å². The topological polar surface area (TPSA) is 4.44 Å². The average molecular weight is 139 g/mol. The second kappa shape index (κ2) is 2.23. The van der Waals surface area contributed by atoms with E-state index in [1.54, 1.807) is 0 Å². The van der Waals surface area contributed by atoms with Crippen molar-refractivity contribution in [1.82, 2.24) is 0 Å². The predicted molar refractivity (Wildman–Crippen MR) is 41.6 cm³/mol. The fourth-order valence-corrected chi connectivity index (χ4v) is 2.66. The van der Waals surface area contributed by atoms with E-state index in [0.29, 0.717) is 0 Å². The van der Waals surface area contributed by atoms with Gasteiger partial charge in [0.25, 0.3) is 0 Å². The summed E-state index contributed by atoms with van der Waals surface area (Å²) in [5, 5.41) is 0. The molecule has 1 heteroatoms. The third-order valence-electron chi connectivity index (χ3n) is 3.16. The first-order valence-corrected chi connectivity index (χ1v) is 4.47. The van der Waals surface area contributed by atoms with Crippen LogP contribution in [-0.4, -0.2) is 13.1 Å². The predicted octanol–water partition coefficient (Wildman–Crippen LogP) is 0.627. The van der Waals surface area contributed by atoms with Crippen molar-refractivity contribution in [2.24, 2.45) is 5.41 Å². The third kappa shape index (κ3) is 0.968. The molecule has 0 atom stereocenters. The van der Waals surface area contributed by atoms with Crippen molar-refractivity contribution in [2.45, 2.75) is 32.1 Å². The highest BCUT2D eigenvalue weighted by atomic mass is 15.2. The van der Waals surface area contributed by atoms with Crippen molar-refractivity contribution in [3.05, 3.63) is 7.05 Å². The van der Waals surface area contributed by atoms with Gasteiger partial charge in [-0.3, -0.25) is 0 Å². The van der Waals surface area contributed by atoms with Crippen LogP contribution in [0.5, 0.6) is 0 Å². The van der Waals surface area contributed by atoms with E-state index >= 15 is 0 Å². The molecule has 0 bridgehead atoms. The van der Waals surface area contributed by atoms with Gasteiger partial charge >= 0.3 is 0 Å². The van der Waals surface area contributed by atoms with E-state index in [4.69, 9.17) is 0 Å². The monoisotopic (exact) mass is 139 g/mol. The van der Waals surface area contributed by atoms with Crippen LogP contribution in [-0.2, 0) is 0 Å². The van der Waals surface area contributed by atoms with E-state index in [-0.39, 0.29) is 0 Å². The summed E-state index contributed by atoms with van der Waals surface area (Å²) >= 11 is 0. The van der Waals surface area contributed by atoms with Gasteiger partial charge in [0, 0.05) is 0 Å². The lowest BCUT2D eigenvalue weighted by Crippen LogP contribution is -3.18. The maximum atomic E-state index is 4.01. The summed E-state index contributed by atoms with van der Waals surface area (Å²) in [6.45, 7) is 2.71. The molecule has 2 rings (SSSR count). The summed E-state index contributed by atoms with van der Waals surface area (Å²) in [4.78, 5) is 1.50. The molecular formula is C9H17N. The minimum absolute atomic E-state index is 0.773. The standard InChI is InChI=1S/C9H17N/c1-10-7-9(8-10)5-3-2-4-6-9/h10H,1-8H2. The first-order chi connectivity index (χ1) is 4.81. The maximum Gasteiger partial charge on any atom is 0.0641 e. The van der Waals surface area contributed by atoms with Gasteiger partial charge in [-0.05, 0) is 12.8 Å². The molecule has 0 aromatic rings. The average Bonchev–Trinajstić information content (AvgIpc) is 1.87. The molecule has 0 amide bonds. The summed E-state index contributed by atoms with van der Waals surface area (Å²) in [6.07, 6.45) is 7.42. The molecule has 1 nitrogen and oxygen atoms in total. The number of hydrogen-bond donors (Lipinski definition) is 1. The normalized spacial score (nSPS) is 32.1. The fraction of sp³-hybridized carbons (Fsp3) is 0.889. The van der Waals surface area contributed by atoms with E-state index in [1.165, 1.54) is 50.1 Å². The van der Waals surface area contributed by atoms with Crippen molar-refractivity contribution < 1.29 is 4.90 Å². The van der Waals surface area contributed by atoms with Gasteiger partial charge in [0.1, 0.15) is 0 Å². The Morgan fingerprint density at radius 3 is 2.10 bits per heavy atom. The summed E-state index contributed by atoms with van der Waals surface area (Å²) in [5.41, 5.74) is 0.773. The molecule has 1 N–H and O–H groups in total. The molecule has 1 heterocycles. The number of likely N-dealkylation sites (tertiary alicyclic amines) is 1. The van der Waals surface area contributed by atoms with Crippen molar-refractivity contribution in [3.63, 3.8) is 0 Å². The highest BCUT2D eigenvalue weighted by Gasteiger charge is 2.43. The maximum absolute atomic E-state index is 4.01. The van der Waals surface area contributed by atoms with Gasteiger partial charge < -0.3 is 4.90 Å². The summed E-state index contributed by atoms with van der Waals surface area (Å²) in [6, 6.07) is 0. The summed E-state index contributed by atoms with van der Waals surface area (Å²) < 4.78 is 0. The fourth-order valence-electron chi connectivity index (χ4n) is 2.66. The SMILES string of the molecule is [CH2-][NH+]1CC2(CCCCC2)C1. The summed E-state index contributed by atoms with van der Waals surface area (Å²) in [5.74, 6) is 0. The molecule has 1 saturated heterocycles. The number of nitrogens with one attached hydrogen (secondary N) is 1. The van der Waals surface area contributed by atoms with E-state index in [0.717, 1.165) is 5.41 Å². The van der Waals surface area contributed by atoms with Crippen molar-refractivity contribution in [2.75, 3.05) is 13.1 Å². The van der Waals surface area contributed by atoms with Gasteiger partial charge in [0.2, 0.25) is 0 Å². The lowest BCUT2D eigenvalue weighted by Gasteiger charge is -2.51. The van der Waals surface area contributed by atoms with Crippen LogP contribution >= 0.6 is 0 Å². The number of rotatable bonds is 0. The van der Waals surface area contributed by atoms with Crippen molar-refractivity contribution in [1.29, 1.82) is 0 Å². The van der Waals surface area contributed by atoms with E-state index < -0.39 is 0 Å². The summed E-state index contributed by atoms with van der Waals surface area (Å²) in [7, 11) is 4.01. The Balaban J connectivity index is 1.90. The minimum atomic E-state index is 0.773.